The molecule has 0 aliphatic carbocycles. The monoisotopic (exact) mass is 454 g/mol. The third-order valence-electron chi connectivity index (χ3n) is 5.13. The number of aromatic nitrogens is 2. The molecule has 0 saturated carbocycles. The van der Waals surface area contributed by atoms with Gasteiger partial charge in [0.15, 0.2) is 0 Å². The van der Waals surface area contributed by atoms with Crippen LogP contribution in [0.1, 0.15) is 10.4 Å². The highest BCUT2D eigenvalue weighted by atomic mass is 35.5. The summed E-state index contributed by atoms with van der Waals surface area (Å²) in [7, 11) is 3.13. The van der Waals surface area contributed by atoms with E-state index in [1.54, 1.807) is 55.8 Å². The molecule has 1 aromatic heterocycles. The number of anilines is 2. The van der Waals surface area contributed by atoms with E-state index in [4.69, 9.17) is 25.8 Å². The van der Waals surface area contributed by atoms with E-state index in [0.29, 0.717) is 60.0 Å². The van der Waals surface area contributed by atoms with Crippen molar-refractivity contribution in [2.75, 3.05) is 45.8 Å². The number of amides is 1. The highest BCUT2D eigenvalue weighted by molar-refractivity contribution is 6.32. The summed E-state index contributed by atoms with van der Waals surface area (Å²) in [4.78, 5) is 23.3. The second-order valence-electron chi connectivity index (χ2n) is 7.09. The quantitative estimate of drug-likeness (QED) is 0.601. The molecular weight excluding hydrogens is 432 g/mol. The molecule has 2 heterocycles. The van der Waals surface area contributed by atoms with Crippen LogP contribution in [0.25, 0.3) is 11.1 Å². The Kier molecular flexibility index (Phi) is 6.72. The van der Waals surface area contributed by atoms with Gasteiger partial charge in [-0.3, -0.25) is 4.79 Å². The molecule has 1 N–H and O–H groups in total. The first kappa shape index (κ1) is 21.9. The number of benzene rings is 2. The van der Waals surface area contributed by atoms with E-state index in [-0.39, 0.29) is 5.91 Å². The maximum Gasteiger partial charge on any atom is 0.254 e. The molecule has 166 valence electrons. The van der Waals surface area contributed by atoms with E-state index in [1.165, 1.54) is 0 Å². The van der Waals surface area contributed by atoms with Crippen molar-refractivity contribution in [3.05, 3.63) is 59.4 Å². The third-order valence-corrected chi connectivity index (χ3v) is 5.44. The summed E-state index contributed by atoms with van der Waals surface area (Å²) in [5, 5.41) is 3.68. The van der Waals surface area contributed by atoms with Crippen molar-refractivity contribution < 1.29 is 19.0 Å². The molecule has 3 aromatic rings. The average molecular weight is 455 g/mol. The second-order valence-corrected chi connectivity index (χ2v) is 7.50. The maximum absolute atomic E-state index is 12.7. The highest BCUT2D eigenvalue weighted by Gasteiger charge is 2.20. The molecule has 32 heavy (non-hydrogen) atoms. The van der Waals surface area contributed by atoms with Gasteiger partial charge >= 0.3 is 0 Å². The average Bonchev–Trinajstić information content (AvgIpc) is 2.85. The molecule has 0 radical (unpaired) electrons. The molecule has 8 nitrogen and oxygen atoms in total. The fourth-order valence-corrected chi connectivity index (χ4v) is 3.57. The fourth-order valence-electron chi connectivity index (χ4n) is 3.38. The Morgan fingerprint density at radius 1 is 1.00 bits per heavy atom. The number of methoxy groups -OCH3 is 2. The Morgan fingerprint density at radius 3 is 2.41 bits per heavy atom. The summed E-state index contributed by atoms with van der Waals surface area (Å²) in [6.45, 7) is 2.28. The van der Waals surface area contributed by atoms with Crippen LogP contribution in [0, 0.1) is 0 Å². The van der Waals surface area contributed by atoms with Gasteiger partial charge in [-0.15, -0.1) is 0 Å². The molecule has 2 aromatic carbocycles. The normalized spacial score (nSPS) is 13.5. The van der Waals surface area contributed by atoms with Gasteiger partial charge in [-0.05, 0) is 35.9 Å². The Bertz CT molecular complexity index is 1100. The van der Waals surface area contributed by atoms with Crippen LogP contribution in [-0.2, 0) is 4.74 Å². The Morgan fingerprint density at radius 2 is 1.72 bits per heavy atom. The number of carbonyl (C=O) groups excluding carboxylic acids is 1. The fraction of sp³-hybridized carbons (Fsp3) is 0.261. The standard InChI is InChI=1S/C23H23ClN4O4/c1-30-20-11-15(3-5-18(20)24)17-13-25-23(26-14-17)27-19-6-4-16(12-21(19)31-2)22(29)28-7-9-32-10-8-28/h3-6,11-14H,7-10H2,1-2H3,(H,25,26,27). The van der Waals surface area contributed by atoms with Gasteiger partial charge < -0.3 is 24.4 Å². The van der Waals surface area contributed by atoms with Crippen molar-refractivity contribution in [2.45, 2.75) is 0 Å². The number of carbonyl (C=O) groups is 1. The lowest BCUT2D eigenvalue weighted by molar-refractivity contribution is 0.0302. The lowest BCUT2D eigenvalue weighted by Gasteiger charge is -2.27. The Balaban J connectivity index is 1.50. The Labute approximate surface area is 191 Å². The van der Waals surface area contributed by atoms with Crippen LogP contribution in [0.15, 0.2) is 48.8 Å². The molecule has 9 heteroatoms. The lowest BCUT2D eigenvalue weighted by atomic mass is 10.1. The molecule has 1 fully saturated rings. The predicted octanol–water partition coefficient (Wildman–Crippen LogP) is 4.03. The van der Waals surface area contributed by atoms with Gasteiger partial charge in [0.1, 0.15) is 11.5 Å². The molecule has 0 atom stereocenters. The summed E-state index contributed by atoms with van der Waals surface area (Å²) in [6.07, 6.45) is 3.42. The van der Waals surface area contributed by atoms with Crippen LogP contribution in [0.2, 0.25) is 5.02 Å². The van der Waals surface area contributed by atoms with E-state index in [1.807, 2.05) is 12.1 Å². The van der Waals surface area contributed by atoms with Crippen LogP contribution in [0.3, 0.4) is 0 Å². The SMILES string of the molecule is COc1cc(-c2cnc(Nc3ccc(C(=O)N4CCOCC4)cc3OC)nc2)ccc1Cl. The van der Waals surface area contributed by atoms with Crippen molar-refractivity contribution in [2.24, 2.45) is 0 Å². The zero-order chi connectivity index (χ0) is 22.5. The number of nitrogens with zero attached hydrogens (tertiary/aromatic N) is 3. The van der Waals surface area contributed by atoms with Crippen molar-refractivity contribution in [3.63, 3.8) is 0 Å². The molecule has 0 bridgehead atoms. The molecule has 0 spiro atoms. The number of nitrogens with one attached hydrogen (secondary N) is 1. The molecule has 1 saturated heterocycles. The number of rotatable bonds is 6. The zero-order valence-corrected chi connectivity index (χ0v) is 18.6. The van der Waals surface area contributed by atoms with Gasteiger partial charge in [-0.1, -0.05) is 17.7 Å². The van der Waals surface area contributed by atoms with E-state index in [0.717, 1.165) is 11.1 Å². The van der Waals surface area contributed by atoms with Crippen molar-refractivity contribution in [1.29, 1.82) is 0 Å². The van der Waals surface area contributed by atoms with Gasteiger partial charge in [0, 0.05) is 36.6 Å². The summed E-state index contributed by atoms with van der Waals surface area (Å²) in [6, 6.07) is 10.7. The van der Waals surface area contributed by atoms with Crippen LogP contribution in [-0.4, -0.2) is 61.3 Å². The number of hydrogen-bond acceptors (Lipinski definition) is 7. The van der Waals surface area contributed by atoms with E-state index in [2.05, 4.69) is 15.3 Å². The number of halogens is 1. The van der Waals surface area contributed by atoms with E-state index >= 15 is 0 Å². The highest BCUT2D eigenvalue weighted by Crippen LogP contribution is 2.31. The van der Waals surface area contributed by atoms with Crippen LogP contribution >= 0.6 is 11.6 Å². The lowest BCUT2D eigenvalue weighted by Crippen LogP contribution is -2.40. The largest absolute Gasteiger partial charge is 0.495 e. The number of morpholine rings is 1. The maximum atomic E-state index is 12.7. The minimum atomic E-state index is -0.0443. The summed E-state index contributed by atoms with van der Waals surface area (Å²) in [5.41, 5.74) is 2.93. The van der Waals surface area contributed by atoms with E-state index in [9.17, 15) is 4.79 Å². The zero-order valence-electron chi connectivity index (χ0n) is 17.8. The van der Waals surface area contributed by atoms with Crippen LogP contribution in [0.4, 0.5) is 11.6 Å². The number of ether oxygens (including phenoxy) is 3. The third kappa shape index (κ3) is 4.76. The van der Waals surface area contributed by atoms with Gasteiger partial charge in [0.25, 0.3) is 5.91 Å². The summed E-state index contributed by atoms with van der Waals surface area (Å²) >= 11 is 6.10. The summed E-state index contributed by atoms with van der Waals surface area (Å²) in [5.74, 6) is 1.47. The first-order chi connectivity index (χ1) is 15.6. The van der Waals surface area contributed by atoms with Crippen LogP contribution in [0.5, 0.6) is 11.5 Å². The van der Waals surface area contributed by atoms with Crippen molar-refractivity contribution >= 4 is 29.1 Å². The minimum absolute atomic E-state index is 0.0443. The minimum Gasteiger partial charge on any atom is -0.495 e. The molecule has 0 unspecified atom stereocenters. The first-order valence-corrected chi connectivity index (χ1v) is 10.4. The first-order valence-electron chi connectivity index (χ1n) is 10.1. The topological polar surface area (TPSA) is 85.8 Å². The second kappa shape index (κ2) is 9.84. The molecule has 1 aliphatic heterocycles. The molecule has 1 amide bonds. The predicted molar refractivity (Wildman–Crippen MR) is 122 cm³/mol. The van der Waals surface area contributed by atoms with Crippen LogP contribution < -0.4 is 14.8 Å². The van der Waals surface area contributed by atoms with Gasteiger partial charge in [0.05, 0.1) is 38.1 Å². The Hall–Kier alpha value is -3.36. The molecule has 4 rings (SSSR count). The van der Waals surface area contributed by atoms with Gasteiger partial charge in [0.2, 0.25) is 5.95 Å². The molecule has 1 aliphatic rings. The molecular formula is C23H23ClN4O4. The smallest absolute Gasteiger partial charge is 0.254 e. The van der Waals surface area contributed by atoms with Gasteiger partial charge in [-0.2, -0.15) is 0 Å². The van der Waals surface area contributed by atoms with Gasteiger partial charge in [-0.25, -0.2) is 9.97 Å². The number of hydrogen-bond donors (Lipinski definition) is 1. The summed E-state index contributed by atoms with van der Waals surface area (Å²) < 4.78 is 16.1. The van der Waals surface area contributed by atoms with Crippen molar-refractivity contribution in [1.82, 2.24) is 14.9 Å². The van der Waals surface area contributed by atoms with E-state index < -0.39 is 0 Å². The van der Waals surface area contributed by atoms with Crippen molar-refractivity contribution in [3.8, 4) is 22.6 Å².